The van der Waals surface area contributed by atoms with Crippen molar-refractivity contribution in [1.29, 1.82) is 0 Å². The Balaban J connectivity index is 1.78. The first-order valence-corrected chi connectivity index (χ1v) is 6.55. The summed E-state index contributed by atoms with van der Waals surface area (Å²) >= 11 is 0. The molecule has 1 aromatic carbocycles. The maximum absolute atomic E-state index is 4.37. The molecule has 0 radical (unpaired) electrons. The third-order valence-corrected chi connectivity index (χ3v) is 3.14. The minimum Gasteiger partial charge on any atom is -0.312 e. The number of aryl methyl sites for hydroxylation is 2. The topological polar surface area (TPSA) is 29.9 Å². The summed E-state index contributed by atoms with van der Waals surface area (Å²) in [5, 5.41) is 7.85. The first-order valence-electron chi connectivity index (χ1n) is 6.55. The number of hydrogen-bond donors (Lipinski definition) is 1. The lowest BCUT2D eigenvalue weighted by molar-refractivity contribution is 0.662. The average molecular weight is 243 g/mol. The predicted molar refractivity (Wildman–Crippen MR) is 74.4 cm³/mol. The second kappa shape index (κ2) is 6.36. The Bertz CT molecular complexity index is 488. The standard InChI is InChI=1S/C15H21N3/c1-3-13-6-4-5-7-14(13)12-16-10-8-15-9-11-18(2)17-15/h4-7,9,11,16H,3,8,10,12H2,1-2H3. The van der Waals surface area contributed by atoms with Crippen LogP contribution in [0.3, 0.4) is 0 Å². The molecule has 1 N–H and O–H groups in total. The largest absolute Gasteiger partial charge is 0.312 e. The maximum atomic E-state index is 4.37. The van der Waals surface area contributed by atoms with Gasteiger partial charge >= 0.3 is 0 Å². The molecular formula is C15H21N3. The number of nitrogens with one attached hydrogen (secondary N) is 1. The molecule has 0 saturated carbocycles. The minimum atomic E-state index is 0.941. The summed E-state index contributed by atoms with van der Waals surface area (Å²) in [5.74, 6) is 0. The normalized spacial score (nSPS) is 10.8. The van der Waals surface area contributed by atoms with Crippen LogP contribution in [0.25, 0.3) is 0 Å². The van der Waals surface area contributed by atoms with E-state index in [9.17, 15) is 0 Å². The molecule has 0 bridgehead atoms. The van der Waals surface area contributed by atoms with Crippen LogP contribution in [0.1, 0.15) is 23.7 Å². The van der Waals surface area contributed by atoms with E-state index in [2.05, 4.69) is 47.7 Å². The van der Waals surface area contributed by atoms with Crippen molar-refractivity contribution in [2.45, 2.75) is 26.3 Å². The summed E-state index contributed by atoms with van der Waals surface area (Å²) < 4.78 is 1.85. The molecule has 0 unspecified atom stereocenters. The molecular weight excluding hydrogens is 222 g/mol. The molecule has 2 aromatic rings. The molecule has 18 heavy (non-hydrogen) atoms. The first kappa shape index (κ1) is 12.8. The van der Waals surface area contributed by atoms with Crippen LogP contribution < -0.4 is 5.32 Å². The van der Waals surface area contributed by atoms with E-state index < -0.39 is 0 Å². The van der Waals surface area contributed by atoms with Gasteiger partial charge in [-0.2, -0.15) is 5.10 Å². The Hall–Kier alpha value is -1.61. The number of aromatic nitrogens is 2. The molecule has 2 rings (SSSR count). The fourth-order valence-electron chi connectivity index (χ4n) is 2.11. The van der Waals surface area contributed by atoms with Crippen LogP contribution >= 0.6 is 0 Å². The van der Waals surface area contributed by atoms with Gasteiger partial charge in [0.05, 0.1) is 5.69 Å². The van der Waals surface area contributed by atoms with Gasteiger partial charge in [0.15, 0.2) is 0 Å². The highest BCUT2D eigenvalue weighted by molar-refractivity contribution is 5.26. The quantitative estimate of drug-likeness (QED) is 0.789. The van der Waals surface area contributed by atoms with Crippen LogP contribution in [-0.4, -0.2) is 16.3 Å². The molecule has 3 heteroatoms. The van der Waals surface area contributed by atoms with Gasteiger partial charge < -0.3 is 5.32 Å². The Morgan fingerprint density at radius 1 is 1.17 bits per heavy atom. The van der Waals surface area contributed by atoms with Crippen molar-refractivity contribution < 1.29 is 0 Å². The van der Waals surface area contributed by atoms with Crippen LogP contribution in [-0.2, 0) is 26.4 Å². The summed E-state index contributed by atoms with van der Waals surface area (Å²) in [4.78, 5) is 0. The SMILES string of the molecule is CCc1ccccc1CNCCc1ccn(C)n1. The zero-order valence-corrected chi connectivity index (χ0v) is 11.2. The second-order valence-electron chi connectivity index (χ2n) is 4.53. The van der Waals surface area contributed by atoms with Crippen LogP contribution in [0.2, 0.25) is 0 Å². The molecule has 0 aliphatic rings. The summed E-state index contributed by atoms with van der Waals surface area (Å²) in [6.07, 6.45) is 4.06. The Kier molecular flexibility index (Phi) is 4.53. The Labute approximate surface area is 109 Å². The molecule has 1 aromatic heterocycles. The van der Waals surface area contributed by atoms with Crippen molar-refractivity contribution in [3.63, 3.8) is 0 Å². The highest BCUT2D eigenvalue weighted by atomic mass is 15.2. The van der Waals surface area contributed by atoms with Crippen LogP contribution in [0, 0.1) is 0 Å². The van der Waals surface area contributed by atoms with Gasteiger partial charge in [-0.15, -0.1) is 0 Å². The van der Waals surface area contributed by atoms with Crippen LogP contribution in [0.5, 0.6) is 0 Å². The van der Waals surface area contributed by atoms with Crippen molar-refractivity contribution >= 4 is 0 Å². The van der Waals surface area contributed by atoms with Gasteiger partial charge in [0, 0.05) is 32.8 Å². The van der Waals surface area contributed by atoms with Crippen LogP contribution in [0.4, 0.5) is 0 Å². The van der Waals surface area contributed by atoms with Gasteiger partial charge in [0.1, 0.15) is 0 Å². The van der Waals surface area contributed by atoms with E-state index in [1.807, 2.05) is 17.9 Å². The van der Waals surface area contributed by atoms with Gasteiger partial charge in [-0.25, -0.2) is 0 Å². The number of benzene rings is 1. The van der Waals surface area contributed by atoms with E-state index in [4.69, 9.17) is 0 Å². The molecule has 0 atom stereocenters. The van der Waals surface area contributed by atoms with Gasteiger partial charge in [0.25, 0.3) is 0 Å². The molecule has 0 spiro atoms. The lowest BCUT2D eigenvalue weighted by atomic mass is 10.1. The molecule has 0 aliphatic carbocycles. The molecule has 0 saturated heterocycles. The van der Waals surface area contributed by atoms with E-state index in [-0.39, 0.29) is 0 Å². The van der Waals surface area contributed by atoms with E-state index in [0.717, 1.165) is 31.6 Å². The van der Waals surface area contributed by atoms with Crippen molar-refractivity contribution in [2.75, 3.05) is 6.54 Å². The van der Waals surface area contributed by atoms with Gasteiger partial charge in [0.2, 0.25) is 0 Å². The Morgan fingerprint density at radius 2 is 1.94 bits per heavy atom. The highest BCUT2D eigenvalue weighted by Crippen LogP contribution is 2.08. The maximum Gasteiger partial charge on any atom is 0.0637 e. The van der Waals surface area contributed by atoms with E-state index in [0.29, 0.717) is 0 Å². The molecule has 0 amide bonds. The van der Waals surface area contributed by atoms with E-state index in [1.165, 1.54) is 11.1 Å². The Morgan fingerprint density at radius 3 is 2.61 bits per heavy atom. The van der Waals surface area contributed by atoms with Gasteiger partial charge in [-0.3, -0.25) is 4.68 Å². The number of rotatable bonds is 6. The van der Waals surface area contributed by atoms with Crippen molar-refractivity contribution in [3.8, 4) is 0 Å². The van der Waals surface area contributed by atoms with Crippen molar-refractivity contribution in [2.24, 2.45) is 7.05 Å². The molecule has 1 heterocycles. The van der Waals surface area contributed by atoms with Gasteiger partial charge in [-0.05, 0) is 23.6 Å². The lowest BCUT2D eigenvalue weighted by Gasteiger charge is -2.08. The summed E-state index contributed by atoms with van der Waals surface area (Å²) in [5.41, 5.74) is 3.98. The second-order valence-corrected chi connectivity index (χ2v) is 4.53. The predicted octanol–water partition coefficient (Wildman–Crippen LogP) is 2.31. The van der Waals surface area contributed by atoms with Crippen LogP contribution in [0.15, 0.2) is 36.5 Å². The minimum absolute atomic E-state index is 0.941. The van der Waals surface area contributed by atoms with Crippen molar-refractivity contribution in [3.05, 3.63) is 53.3 Å². The third kappa shape index (κ3) is 3.44. The zero-order chi connectivity index (χ0) is 12.8. The lowest BCUT2D eigenvalue weighted by Crippen LogP contribution is -2.17. The highest BCUT2D eigenvalue weighted by Gasteiger charge is 2.00. The fourth-order valence-corrected chi connectivity index (χ4v) is 2.11. The molecule has 0 aliphatic heterocycles. The fraction of sp³-hybridized carbons (Fsp3) is 0.400. The first-order chi connectivity index (χ1) is 8.79. The molecule has 0 fully saturated rings. The smallest absolute Gasteiger partial charge is 0.0637 e. The zero-order valence-electron chi connectivity index (χ0n) is 11.2. The number of hydrogen-bond acceptors (Lipinski definition) is 2. The average Bonchev–Trinajstić information content (AvgIpc) is 2.81. The summed E-state index contributed by atoms with van der Waals surface area (Å²) in [7, 11) is 1.95. The van der Waals surface area contributed by atoms with Gasteiger partial charge in [-0.1, -0.05) is 31.2 Å². The molecule has 3 nitrogen and oxygen atoms in total. The monoisotopic (exact) mass is 243 g/mol. The van der Waals surface area contributed by atoms with E-state index in [1.54, 1.807) is 0 Å². The van der Waals surface area contributed by atoms with E-state index >= 15 is 0 Å². The number of nitrogens with zero attached hydrogens (tertiary/aromatic N) is 2. The third-order valence-electron chi connectivity index (χ3n) is 3.14. The van der Waals surface area contributed by atoms with Crippen molar-refractivity contribution in [1.82, 2.24) is 15.1 Å². The summed E-state index contributed by atoms with van der Waals surface area (Å²) in [6.45, 7) is 4.11. The molecule has 96 valence electrons. The summed E-state index contributed by atoms with van der Waals surface area (Å²) in [6, 6.07) is 10.7.